The average molecular weight is 302 g/mol. The molecule has 1 N–H and O–H groups in total. The number of nitrogens with one attached hydrogen (secondary N) is 1. The Morgan fingerprint density at radius 3 is 1.86 bits per heavy atom. The molecule has 0 saturated heterocycles. The maximum absolute atomic E-state index is 12.2. The first-order chi connectivity index (χ1) is 9.83. The van der Waals surface area contributed by atoms with Gasteiger partial charge in [-0.05, 0) is 20.8 Å². The highest BCUT2D eigenvalue weighted by Gasteiger charge is 2.50. The van der Waals surface area contributed by atoms with Gasteiger partial charge >= 0.3 is 11.9 Å². The molecule has 0 unspecified atom stereocenters. The van der Waals surface area contributed by atoms with Gasteiger partial charge in [0.25, 0.3) is 0 Å². The van der Waals surface area contributed by atoms with Gasteiger partial charge in [0.2, 0.25) is 11.4 Å². The van der Waals surface area contributed by atoms with Crippen molar-refractivity contribution in [2.75, 3.05) is 20.3 Å². The fraction of sp³-hybridized carbons (Fsp3) is 0.692. The van der Waals surface area contributed by atoms with E-state index in [2.05, 4.69) is 15.3 Å². The summed E-state index contributed by atoms with van der Waals surface area (Å²) < 4.78 is 9.81. The van der Waals surface area contributed by atoms with Crippen LogP contribution in [0.4, 0.5) is 0 Å². The number of carbonyl (C=O) groups is 3. The van der Waals surface area contributed by atoms with E-state index in [1.807, 2.05) is 0 Å². The number of ether oxygens (including phenoxy) is 2. The van der Waals surface area contributed by atoms with E-state index < -0.39 is 23.4 Å². The molecule has 120 valence electrons. The molecule has 8 nitrogen and oxygen atoms in total. The second-order valence-corrected chi connectivity index (χ2v) is 4.21. The number of nitrogens with zero attached hydrogens (tertiary/aromatic N) is 1. The van der Waals surface area contributed by atoms with Crippen molar-refractivity contribution in [3.8, 4) is 0 Å². The van der Waals surface area contributed by atoms with Gasteiger partial charge in [0, 0.05) is 13.3 Å². The fourth-order valence-electron chi connectivity index (χ4n) is 1.75. The van der Waals surface area contributed by atoms with Crippen LogP contribution in [-0.4, -0.2) is 49.4 Å². The van der Waals surface area contributed by atoms with Crippen LogP contribution in [0.3, 0.4) is 0 Å². The minimum absolute atomic E-state index is 0.0556. The average Bonchev–Trinajstić information content (AvgIpc) is 2.38. The summed E-state index contributed by atoms with van der Waals surface area (Å²) in [6.45, 7) is 6.05. The molecule has 1 amide bonds. The van der Waals surface area contributed by atoms with Gasteiger partial charge in [-0.15, -0.1) is 0 Å². The van der Waals surface area contributed by atoms with E-state index in [0.29, 0.717) is 5.71 Å². The SMILES string of the molecule is CCOC(=O)C(CC(C)=NOC)(NC(C)=O)C(=O)OCC. The minimum atomic E-state index is -1.97. The molecular weight excluding hydrogens is 280 g/mol. The minimum Gasteiger partial charge on any atom is -0.464 e. The van der Waals surface area contributed by atoms with Crippen LogP contribution >= 0.6 is 0 Å². The lowest BCUT2D eigenvalue weighted by Crippen LogP contribution is -2.62. The lowest BCUT2D eigenvalue weighted by Gasteiger charge is -2.29. The Balaban J connectivity index is 5.70. The summed E-state index contributed by atoms with van der Waals surface area (Å²) in [5.74, 6) is -2.37. The summed E-state index contributed by atoms with van der Waals surface area (Å²) in [6.07, 6.45) is -0.210. The normalized spacial score (nSPS) is 11.6. The topological polar surface area (TPSA) is 103 Å². The van der Waals surface area contributed by atoms with Crippen molar-refractivity contribution in [3.63, 3.8) is 0 Å². The van der Waals surface area contributed by atoms with Crippen LogP contribution in [0.15, 0.2) is 5.16 Å². The van der Waals surface area contributed by atoms with Crippen molar-refractivity contribution in [3.05, 3.63) is 0 Å². The van der Waals surface area contributed by atoms with Crippen LogP contribution in [0.2, 0.25) is 0 Å². The molecule has 0 radical (unpaired) electrons. The summed E-state index contributed by atoms with van der Waals surface area (Å²) in [5, 5.41) is 5.98. The Morgan fingerprint density at radius 2 is 1.52 bits per heavy atom. The molecule has 0 heterocycles. The molecule has 0 saturated carbocycles. The Labute approximate surface area is 123 Å². The first-order valence-electron chi connectivity index (χ1n) is 6.53. The van der Waals surface area contributed by atoms with Crippen LogP contribution in [0.25, 0.3) is 0 Å². The molecule has 0 aromatic carbocycles. The van der Waals surface area contributed by atoms with Gasteiger partial charge in [0.05, 0.1) is 18.9 Å². The second kappa shape index (κ2) is 8.93. The van der Waals surface area contributed by atoms with Crippen molar-refractivity contribution in [1.29, 1.82) is 0 Å². The Bertz CT molecular complexity index is 401. The first-order valence-corrected chi connectivity index (χ1v) is 6.53. The molecule has 0 bridgehead atoms. The van der Waals surface area contributed by atoms with Crippen molar-refractivity contribution < 1.29 is 28.7 Å². The number of amides is 1. The number of rotatable bonds is 8. The highest BCUT2D eigenvalue weighted by Crippen LogP contribution is 2.18. The van der Waals surface area contributed by atoms with E-state index >= 15 is 0 Å². The first kappa shape index (κ1) is 18.9. The third-order valence-electron chi connectivity index (χ3n) is 2.41. The Hall–Kier alpha value is -2.12. The summed E-state index contributed by atoms with van der Waals surface area (Å²) in [5.41, 5.74) is -1.64. The van der Waals surface area contributed by atoms with Gasteiger partial charge in [-0.3, -0.25) is 4.79 Å². The van der Waals surface area contributed by atoms with Crippen molar-refractivity contribution >= 4 is 23.6 Å². The molecule has 21 heavy (non-hydrogen) atoms. The lowest BCUT2D eigenvalue weighted by molar-refractivity contribution is -0.167. The molecule has 0 atom stereocenters. The van der Waals surface area contributed by atoms with Crippen LogP contribution in [0.1, 0.15) is 34.1 Å². The molecule has 0 aromatic rings. The number of hydrogen-bond donors (Lipinski definition) is 1. The van der Waals surface area contributed by atoms with Crippen LogP contribution in [0.5, 0.6) is 0 Å². The molecule has 8 heteroatoms. The zero-order valence-electron chi connectivity index (χ0n) is 13.0. The lowest BCUT2D eigenvalue weighted by atomic mass is 9.92. The predicted molar refractivity (Wildman–Crippen MR) is 74.5 cm³/mol. The van der Waals surface area contributed by atoms with Gasteiger partial charge in [0.1, 0.15) is 7.11 Å². The Morgan fingerprint density at radius 1 is 1.05 bits per heavy atom. The van der Waals surface area contributed by atoms with E-state index in [4.69, 9.17) is 9.47 Å². The number of oxime groups is 1. The van der Waals surface area contributed by atoms with Crippen LogP contribution < -0.4 is 5.32 Å². The Kier molecular flexibility index (Phi) is 8.03. The number of esters is 2. The predicted octanol–water partition coefficient (Wildman–Crippen LogP) is 0.400. The maximum atomic E-state index is 12.2. The highest BCUT2D eigenvalue weighted by atomic mass is 16.6. The fourth-order valence-corrected chi connectivity index (χ4v) is 1.75. The quantitative estimate of drug-likeness (QED) is 0.301. The zero-order valence-corrected chi connectivity index (χ0v) is 13.0. The summed E-state index contributed by atoms with van der Waals surface area (Å²) in [4.78, 5) is 40.5. The largest absolute Gasteiger partial charge is 0.464 e. The van der Waals surface area contributed by atoms with Gasteiger partial charge in [-0.25, -0.2) is 9.59 Å². The summed E-state index contributed by atoms with van der Waals surface area (Å²) in [6, 6.07) is 0. The second-order valence-electron chi connectivity index (χ2n) is 4.21. The summed E-state index contributed by atoms with van der Waals surface area (Å²) in [7, 11) is 1.33. The smallest absolute Gasteiger partial charge is 0.344 e. The molecule has 0 aliphatic rings. The third-order valence-corrected chi connectivity index (χ3v) is 2.41. The summed E-state index contributed by atoms with van der Waals surface area (Å²) >= 11 is 0. The monoisotopic (exact) mass is 302 g/mol. The van der Waals surface area contributed by atoms with Gasteiger partial charge < -0.3 is 19.6 Å². The molecule has 0 aliphatic carbocycles. The van der Waals surface area contributed by atoms with E-state index in [1.54, 1.807) is 20.8 Å². The standard InChI is InChI=1S/C13H22N2O6/c1-6-20-11(17)13(14-10(4)16,12(18)21-7-2)8-9(3)15-19-5/h6-8H2,1-5H3,(H,14,16). The zero-order chi connectivity index (χ0) is 16.5. The van der Waals surface area contributed by atoms with Crippen molar-refractivity contribution in [2.45, 2.75) is 39.7 Å². The van der Waals surface area contributed by atoms with Crippen LogP contribution in [0, 0.1) is 0 Å². The van der Waals surface area contributed by atoms with E-state index in [-0.39, 0.29) is 19.6 Å². The van der Waals surface area contributed by atoms with Gasteiger partial charge in [-0.2, -0.15) is 0 Å². The molecule has 0 aromatic heterocycles. The molecule has 0 aliphatic heterocycles. The number of carbonyl (C=O) groups excluding carboxylic acids is 3. The van der Waals surface area contributed by atoms with E-state index in [0.717, 1.165) is 0 Å². The maximum Gasteiger partial charge on any atom is 0.344 e. The highest BCUT2D eigenvalue weighted by molar-refractivity contribution is 6.11. The van der Waals surface area contributed by atoms with E-state index in [9.17, 15) is 14.4 Å². The van der Waals surface area contributed by atoms with E-state index in [1.165, 1.54) is 14.0 Å². The molecular formula is C13H22N2O6. The van der Waals surface area contributed by atoms with Gasteiger partial charge in [0.15, 0.2) is 0 Å². The van der Waals surface area contributed by atoms with Crippen LogP contribution in [-0.2, 0) is 28.7 Å². The van der Waals surface area contributed by atoms with Gasteiger partial charge in [-0.1, -0.05) is 5.16 Å². The number of hydrogen-bond acceptors (Lipinski definition) is 7. The molecule has 0 rings (SSSR count). The molecule has 0 fully saturated rings. The third kappa shape index (κ3) is 5.41. The van der Waals surface area contributed by atoms with Crippen molar-refractivity contribution in [2.24, 2.45) is 5.16 Å². The molecule has 0 spiro atoms. The van der Waals surface area contributed by atoms with Crippen molar-refractivity contribution in [1.82, 2.24) is 5.32 Å².